The molecule has 136 valence electrons. The Morgan fingerprint density at radius 1 is 1.29 bits per heavy atom. The van der Waals surface area contributed by atoms with E-state index in [1.165, 1.54) is 0 Å². The van der Waals surface area contributed by atoms with E-state index in [-0.39, 0.29) is 12.6 Å². The van der Waals surface area contributed by atoms with Crippen molar-refractivity contribution >= 4 is 32.1 Å². The van der Waals surface area contributed by atoms with Crippen LogP contribution in [0.25, 0.3) is 0 Å². The second kappa shape index (κ2) is 8.82. The van der Waals surface area contributed by atoms with Crippen molar-refractivity contribution in [1.82, 2.24) is 5.32 Å². The molecule has 24 heavy (non-hydrogen) atoms. The van der Waals surface area contributed by atoms with Gasteiger partial charge in [-0.05, 0) is 45.2 Å². The van der Waals surface area contributed by atoms with Crippen LogP contribution >= 0.6 is 15.9 Å². The number of amides is 1. The largest absolute Gasteiger partial charge is 0.444 e. The molecule has 8 heteroatoms. The van der Waals surface area contributed by atoms with Gasteiger partial charge in [0.05, 0.1) is 18.9 Å². The Morgan fingerprint density at radius 3 is 2.46 bits per heavy atom. The first kappa shape index (κ1) is 20.9. The summed E-state index contributed by atoms with van der Waals surface area (Å²) in [6.07, 6.45) is 1.47. The molecule has 0 spiro atoms. The van der Waals surface area contributed by atoms with Gasteiger partial charge in [0, 0.05) is 4.47 Å². The van der Waals surface area contributed by atoms with Crippen molar-refractivity contribution in [3.05, 3.63) is 34.3 Å². The lowest BCUT2D eigenvalue weighted by Crippen LogP contribution is -2.35. The Labute approximate surface area is 152 Å². The smallest absolute Gasteiger partial charge is 0.408 e. The lowest BCUT2D eigenvalue weighted by Gasteiger charge is -2.24. The van der Waals surface area contributed by atoms with Crippen molar-refractivity contribution in [2.45, 2.75) is 45.3 Å². The number of alkyl carbamates (subject to hydrolysis) is 1. The van der Waals surface area contributed by atoms with Gasteiger partial charge in [-0.2, -0.15) is 8.42 Å². The topological polar surface area (TPSA) is 81.7 Å². The van der Waals surface area contributed by atoms with Gasteiger partial charge in [0.15, 0.2) is 0 Å². The van der Waals surface area contributed by atoms with Crippen LogP contribution in [-0.4, -0.2) is 33.0 Å². The molecule has 0 bridgehead atoms. The third-order valence-electron chi connectivity index (χ3n) is 2.91. The van der Waals surface area contributed by atoms with Crippen molar-refractivity contribution in [3.63, 3.8) is 0 Å². The minimum Gasteiger partial charge on any atom is -0.444 e. The summed E-state index contributed by atoms with van der Waals surface area (Å²) in [6, 6.07) is 7.20. The predicted molar refractivity (Wildman–Crippen MR) is 96.3 cm³/mol. The average Bonchev–Trinajstić information content (AvgIpc) is 2.40. The normalized spacial score (nSPS) is 13.4. The molecule has 0 saturated carbocycles. The third kappa shape index (κ3) is 8.65. The van der Waals surface area contributed by atoms with Crippen LogP contribution in [0.15, 0.2) is 28.7 Å². The molecule has 1 aromatic carbocycles. The fourth-order valence-electron chi connectivity index (χ4n) is 2.01. The maximum atomic E-state index is 12.1. The highest BCUT2D eigenvalue weighted by Crippen LogP contribution is 2.27. The van der Waals surface area contributed by atoms with Gasteiger partial charge in [-0.25, -0.2) is 4.79 Å². The van der Waals surface area contributed by atoms with Crippen molar-refractivity contribution in [2.75, 3.05) is 12.9 Å². The van der Waals surface area contributed by atoms with Crippen LogP contribution in [0.2, 0.25) is 0 Å². The quantitative estimate of drug-likeness (QED) is 0.534. The highest BCUT2D eigenvalue weighted by atomic mass is 79.9. The van der Waals surface area contributed by atoms with E-state index in [4.69, 9.17) is 8.92 Å². The molecular formula is C16H24BrNO5S. The molecule has 6 nitrogen and oxygen atoms in total. The summed E-state index contributed by atoms with van der Waals surface area (Å²) in [4.78, 5) is 12.1. The van der Waals surface area contributed by atoms with Crippen molar-refractivity contribution < 1.29 is 22.1 Å². The predicted octanol–water partition coefficient (Wildman–Crippen LogP) is 3.77. The minimum atomic E-state index is -3.46. The van der Waals surface area contributed by atoms with Crippen molar-refractivity contribution in [3.8, 4) is 0 Å². The molecule has 0 radical (unpaired) electrons. The van der Waals surface area contributed by atoms with Crippen LogP contribution in [-0.2, 0) is 19.0 Å². The van der Waals surface area contributed by atoms with E-state index < -0.39 is 21.8 Å². The second-order valence-corrected chi connectivity index (χ2v) is 8.89. The van der Waals surface area contributed by atoms with E-state index in [0.29, 0.717) is 12.8 Å². The maximum Gasteiger partial charge on any atom is 0.408 e. The Bertz CT molecular complexity index is 655. The molecule has 0 aliphatic carbocycles. The van der Waals surface area contributed by atoms with Gasteiger partial charge >= 0.3 is 6.09 Å². The molecular weight excluding hydrogens is 398 g/mol. The van der Waals surface area contributed by atoms with Gasteiger partial charge in [-0.3, -0.25) is 4.18 Å². The van der Waals surface area contributed by atoms with Crippen LogP contribution in [0, 0.1) is 0 Å². The zero-order valence-electron chi connectivity index (χ0n) is 14.3. The number of carbonyl (C=O) groups is 1. The zero-order chi connectivity index (χ0) is 18.4. The second-order valence-electron chi connectivity index (χ2n) is 6.39. The summed E-state index contributed by atoms with van der Waals surface area (Å²) in [5.41, 5.74) is 0.296. The van der Waals surface area contributed by atoms with E-state index >= 15 is 0 Å². The van der Waals surface area contributed by atoms with Gasteiger partial charge in [0.1, 0.15) is 5.60 Å². The molecule has 0 aliphatic heterocycles. The average molecular weight is 422 g/mol. The van der Waals surface area contributed by atoms with Crippen LogP contribution in [0.4, 0.5) is 4.79 Å². The molecule has 0 aliphatic rings. The van der Waals surface area contributed by atoms with Crippen molar-refractivity contribution in [1.29, 1.82) is 0 Å². The minimum absolute atomic E-state index is 0.0653. The Hall–Kier alpha value is -1.12. The van der Waals surface area contributed by atoms with E-state index in [0.717, 1.165) is 16.3 Å². The van der Waals surface area contributed by atoms with Crippen molar-refractivity contribution in [2.24, 2.45) is 0 Å². The molecule has 0 saturated heterocycles. The van der Waals surface area contributed by atoms with Crippen LogP contribution in [0.3, 0.4) is 0 Å². The number of ether oxygens (including phenoxy) is 1. The Morgan fingerprint density at radius 2 is 1.92 bits per heavy atom. The van der Waals surface area contributed by atoms with Crippen LogP contribution < -0.4 is 5.32 Å². The van der Waals surface area contributed by atoms with Gasteiger partial charge in [-0.15, -0.1) is 0 Å². The zero-order valence-corrected chi connectivity index (χ0v) is 16.7. The number of hydrogen-bond acceptors (Lipinski definition) is 5. The number of hydrogen-bond donors (Lipinski definition) is 1. The monoisotopic (exact) mass is 421 g/mol. The van der Waals surface area contributed by atoms with Gasteiger partial charge in [0.2, 0.25) is 0 Å². The van der Waals surface area contributed by atoms with E-state index in [9.17, 15) is 13.2 Å². The van der Waals surface area contributed by atoms with Crippen LogP contribution in [0.1, 0.15) is 45.2 Å². The summed E-state index contributed by atoms with van der Waals surface area (Å²) in [6.45, 7) is 5.44. The lowest BCUT2D eigenvalue weighted by atomic mass is 10.0. The van der Waals surface area contributed by atoms with E-state index in [1.54, 1.807) is 20.8 Å². The van der Waals surface area contributed by atoms with E-state index in [2.05, 4.69) is 21.2 Å². The van der Waals surface area contributed by atoms with Gasteiger partial charge < -0.3 is 10.1 Å². The summed E-state index contributed by atoms with van der Waals surface area (Å²) in [5, 5.41) is 2.83. The highest BCUT2D eigenvalue weighted by Gasteiger charge is 2.21. The lowest BCUT2D eigenvalue weighted by molar-refractivity contribution is 0.0499. The molecule has 1 amide bonds. The molecule has 1 aromatic rings. The summed E-state index contributed by atoms with van der Waals surface area (Å²) < 4.78 is 32.9. The number of carbonyl (C=O) groups excluding carboxylic acids is 1. The number of benzene rings is 1. The molecule has 1 atom stereocenters. The first-order valence-corrected chi connectivity index (χ1v) is 10.2. The molecule has 0 heterocycles. The summed E-state index contributed by atoms with van der Waals surface area (Å²) in [7, 11) is -3.46. The fraction of sp³-hybridized carbons (Fsp3) is 0.562. The number of halogens is 1. The van der Waals surface area contributed by atoms with Crippen LogP contribution in [0.5, 0.6) is 0 Å². The molecule has 0 aromatic heterocycles. The molecule has 1 rings (SSSR count). The highest BCUT2D eigenvalue weighted by molar-refractivity contribution is 9.10. The summed E-state index contributed by atoms with van der Waals surface area (Å²) >= 11 is 3.47. The number of nitrogens with one attached hydrogen (secondary N) is 1. The molecule has 0 fully saturated rings. The number of rotatable bonds is 7. The molecule has 1 unspecified atom stereocenters. The standard InChI is InChI=1S/C16H24BrNO5S/c1-16(2,3)23-15(19)18-14(10-7-11-22-24(4,20)21)12-8-5-6-9-13(12)17/h5-6,8-9,14H,7,10-11H2,1-4H3,(H,18,19). The van der Waals surface area contributed by atoms with E-state index in [1.807, 2.05) is 24.3 Å². The molecule has 1 N–H and O–H groups in total. The first-order valence-electron chi connectivity index (χ1n) is 7.56. The Balaban J connectivity index is 2.77. The SMILES string of the molecule is CC(C)(C)OC(=O)NC(CCCOS(C)(=O)=O)c1ccccc1Br. The third-order valence-corrected chi connectivity index (χ3v) is 4.22. The maximum absolute atomic E-state index is 12.1. The summed E-state index contributed by atoms with van der Waals surface area (Å²) in [5.74, 6) is 0. The Kier molecular flexibility index (Phi) is 7.69. The van der Waals surface area contributed by atoms with Gasteiger partial charge in [-0.1, -0.05) is 34.1 Å². The van der Waals surface area contributed by atoms with Gasteiger partial charge in [0.25, 0.3) is 10.1 Å². The first-order chi connectivity index (χ1) is 11.0. The fourth-order valence-corrected chi connectivity index (χ4v) is 2.99.